The topological polar surface area (TPSA) is 95.9 Å². The third kappa shape index (κ3) is 2.49. The Bertz CT molecular complexity index is 208. The van der Waals surface area contributed by atoms with Crippen LogP contribution in [0.4, 0.5) is 0 Å². The SMILES string of the molecule is O=C(O)[C@@H]1CC(O[P+](=O)O)CN1. The monoisotopic (exact) mass is 194 g/mol. The summed E-state index contributed by atoms with van der Waals surface area (Å²) in [6, 6.07) is -0.662. The second kappa shape index (κ2) is 3.91. The van der Waals surface area contributed by atoms with Gasteiger partial charge in [-0.25, -0.2) is 0 Å². The third-order valence-corrected chi connectivity index (χ3v) is 2.11. The minimum Gasteiger partial charge on any atom is -0.480 e. The average Bonchev–Trinajstić information content (AvgIpc) is 2.34. The Labute approximate surface area is 69.5 Å². The first kappa shape index (κ1) is 9.54. The highest BCUT2D eigenvalue weighted by Gasteiger charge is 2.34. The zero-order valence-corrected chi connectivity index (χ0v) is 7.03. The zero-order chi connectivity index (χ0) is 9.14. The van der Waals surface area contributed by atoms with Gasteiger partial charge in [0.25, 0.3) is 0 Å². The molecule has 2 unspecified atom stereocenters. The first-order chi connectivity index (χ1) is 5.59. The molecule has 0 radical (unpaired) electrons. The quantitative estimate of drug-likeness (QED) is 0.522. The molecule has 0 aromatic heterocycles. The minimum atomic E-state index is -2.63. The molecule has 1 fully saturated rings. The van der Waals surface area contributed by atoms with E-state index in [0.29, 0.717) is 6.54 Å². The number of carbonyl (C=O) groups is 1. The maximum Gasteiger partial charge on any atom is 0.695 e. The van der Waals surface area contributed by atoms with E-state index in [1.807, 2.05) is 0 Å². The van der Waals surface area contributed by atoms with Gasteiger partial charge in [-0.3, -0.25) is 4.79 Å². The Morgan fingerprint density at radius 2 is 2.33 bits per heavy atom. The lowest BCUT2D eigenvalue weighted by Gasteiger charge is -1.99. The van der Waals surface area contributed by atoms with Crippen molar-refractivity contribution in [3.05, 3.63) is 0 Å². The molecule has 1 aliphatic rings. The van der Waals surface area contributed by atoms with Crippen molar-refractivity contribution in [1.29, 1.82) is 0 Å². The largest absolute Gasteiger partial charge is 0.695 e. The van der Waals surface area contributed by atoms with Gasteiger partial charge in [0, 0.05) is 17.5 Å². The molecular formula is C5H9NO5P+. The van der Waals surface area contributed by atoms with Crippen LogP contribution in [-0.4, -0.2) is 34.7 Å². The van der Waals surface area contributed by atoms with E-state index in [4.69, 9.17) is 10.00 Å². The van der Waals surface area contributed by atoms with Crippen LogP contribution < -0.4 is 5.32 Å². The highest BCUT2D eigenvalue weighted by Crippen LogP contribution is 2.23. The predicted molar refractivity (Wildman–Crippen MR) is 38.7 cm³/mol. The van der Waals surface area contributed by atoms with Gasteiger partial charge in [0.05, 0.1) is 0 Å². The first-order valence-corrected chi connectivity index (χ1v) is 4.51. The summed E-state index contributed by atoms with van der Waals surface area (Å²) in [7, 11) is -2.63. The Kier molecular flexibility index (Phi) is 3.11. The summed E-state index contributed by atoms with van der Waals surface area (Å²) in [6.45, 7) is 0.304. The fourth-order valence-electron chi connectivity index (χ4n) is 1.10. The van der Waals surface area contributed by atoms with Crippen molar-refractivity contribution in [2.45, 2.75) is 18.6 Å². The maximum absolute atomic E-state index is 10.4. The molecular weight excluding hydrogens is 185 g/mol. The third-order valence-electron chi connectivity index (χ3n) is 1.63. The highest BCUT2D eigenvalue weighted by atomic mass is 31.1. The number of hydrogen-bond donors (Lipinski definition) is 3. The van der Waals surface area contributed by atoms with Crippen LogP contribution in [0.25, 0.3) is 0 Å². The van der Waals surface area contributed by atoms with Crippen LogP contribution in [0.5, 0.6) is 0 Å². The van der Waals surface area contributed by atoms with Crippen molar-refractivity contribution in [1.82, 2.24) is 5.32 Å². The Morgan fingerprint density at radius 1 is 1.67 bits per heavy atom. The van der Waals surface area contributed by atoms with Crippen LogP contribution in [0, 0.1) is 0 Å². The van der Waals surface area contributed by atoms with Gasteiger partial charge in [-0.15, -0.1) is 9.42 Å². The van der Waals surface area contributed by atoms with Crippen LogP contribution in [0.2, 0.25) is 0 Å². The lowest BCUT2D eigenvalue weighted by atomic mass is 10.2. The molecule has 68 valence electrons. The molecule has 1 aliphatic heterocycles. The summed E-state index contributed by atoms with van der Waals surface area (Å²) < 4.78 is 14.7. The van der Waals surface area contributed by atoms with Gasteiger partial charge in [0.1, 0.15) is 12.1 Å². The van der Waals surface area contributed by atoms with Crippen molar-refractivity contribution in [2.24, 2.45) is 0 Å². The second-order valence-corrected chi connectivity index (χ2v) is 3.19. The van der Waals surface area contributed by atoms with Crippen LogP contribution >= 0.6 is 8.25 Å². The van der Waals surface area contributed by atoms with E-state index in [-0.39, 0.29) is 6.42 Å². The molecule has 7 heteroatoms. The molecule has 0 bridgehead atoms. The van der Waals surface area contributed by atoms with Gasteiger partial charge < -0.3 is 10.4 Å². The van der Waals surface area contributed by atoms with Crippen LogP contribution in [-0.2, 0) is 13.9 Å². The number of carboxylic acids is 1. The fourth-order valence-corrected chi connectivity index (χ4v) is 1.51. The van der Waals surface area contributed by atoms with Gasteiger partial charge in [-0.05, 0) is 0 Å². The van der Waals surface area contributed by atoms with E-state index in [0.717, 1.165) is 0 Å². The molecule has 0 aromatic rings. The Balaban J connectivity index is 2.35. The predicted octanol–water partition coefficient (Wildman–Crippen LogP) is -0.532. The lowest BCUT2D eigenvalue weighted by Crippen LogP contribution is -2.29. The summed E-state index contributed by atoms with van der Waals surface area (Å²) in [5.41, 5.74) is 0. The van der Waals surface area contributed by atoms with Gasteiger partial charge in [-0.1, -0.05) is 0 Å². The van der Waals surface area contributed by atoms with Gasteiger partial charge >= 0.3 is 14.2 Å². The summed E-state index contributed by atoms with van der Waals surface area (Å²) >= 11 is 0. The number of hydrogen-bond acceptors (Lipinski definition) is 4. The Morgan fingerprint density at radius 3 is 2.75 bits per heavy atom. The molecule has 0 spiro atoms. The average molecular weight is 194 g/mol. The molecule has 3 N–H and O–H groups in total. The van der Waals surface area contributed by atoms with E-state index in [2.05, 4.69) is 9.84 Å². The minimum absolute atomic E-state index is 0.233. The standard InChI is InChI=1S/C5H8NO5P/c7-5(8)4-1-3(2-6-4)11-12(9)10/h3-4,6H,1-2H2,(H-,7,8,9,10)/p+1/t3?,4-/m0/s1. The van der Waals surface area contributed by atoms with Crippen LogP contribution in [0.15, 0.2) is 0 Å². The van der Waals surface area contributed by atoms with E-state index < -0.39 is 26.4 Å². The van der Waals surface area contributed by atoms with Crippen molar-refractivity contribution in [3.63, 3.8) is 0 Å². The van der Waals surface area contributed by atoms with Crippen molar-refractivity contribution in [2.75, 3.05) is 6.54 Å². The summed E-state index contributed by atoms with van der Waals surface area (Å²) in [5.74, 6) is -0.964. The maximum atomic E-state index is 10.4. The van der Waals surface area contributed by atoms with Gasteiger partial charge in [0.15, 0.2) is 0 Å². The molecule has 0 amide bonds. The number of nitrogens with one attached hydrogen (secondary N) is 1. The molecule has 12 heavy (non-hydrogen) atoms. The molecule has 0 aliphatic carbocycles. The summed E-state index contributed by atoms with van der Waals surface area (Å²) in [4.78, 5) is 18.7. The van der Waals surface area contributed by atoms with Crippen molar-refractivity contribution in [3.8, 4) is 0 Å². The molecule has 1 rings (SSSR count). The molecule has 0 aromatic carbocycles. The smallest absolute Gasteiger partial charge is 0.480 e. The van der Waals surface area contributed by atoms with E-state index >= 15 is 0 Å². The van der Waals surface area contributed by atoms with Gasteiger partial charge in [0.2, 0.25) is 0 Å². The fraction of sp³-hybridized carbons (Fsp3) is 0.800. The highest BCUT2D eigenvalue weighted by molar-refractivity contribution is 7.32. The molecule has 3 atom stereocenters. The summed E-state index contributed by atoms with van der Waals surface area (Å²) in [6.07, 6.45) is -0.239. The van der Waals surface area contributed by atoms with Crippen LogP contribution in [0.1, 0.15) is 6.42 Å². The van der Waals surface area contributed by atoms with E-state index in [1.54, 1.807) is 0 Å². The number of carboxylic acid groups (broad SMARTS) is 1. The molecule has 0 saturated carbocycles. The second-order valence-electron chi connectivity index (χ2n) is 2.50. The first-order valence-electron chi connectivity index (χ1n) is 3.38. The van der Waals surface area contributed by atoms with E-state index in [1.165, 1.54) is 0 Å². The summed E-state index contributed by atoms with van der Waals surface area (Å²) in [5, 5.41) is 11.2. The van der Waals surface area contributed by atoms with E-state index in [9.17, 15) is 9.36 Å². The molecule has 6 nitrogen and oxygen atoms in total. The molecule has 1 saturated heterocycles. The van der Waals surface area contributed by atoms with Crippen molar-refractivity contribution >= 4 is 14.2 Å². The van der Waals surface area contributed by atoms with Crippen molar-refractivity contribution < 1.29 is 23.9 Å². The number of rotatable bonds is 3. The normalized spacial score (nSPS) is 30.2. The van der Waals surface area contributed by atoms with Crippen LogP contribution in [0.3, 0.4) is 0 Å². The zero-order valence-electron chi connectivity index (χ0n) is 6.14. The lowest BCUT2D eigenvalue weighted by molar-refractivity contribution is -0.139. The number of aliphatic carboxylic acids is 1. The van der Waals surface area contributed by atoms with Gasteiger partial charge in [-0.2, -0.15) is 0 Å². The molecule has 1 heterocycles. The Hall–Kier alpha value is -0.550.